The summed E-state index contributed by atoms with van der Waals surface area (Å²) in [5, 5.41) is 0. The van der Waals surface area contributed by atoms with Crippen LogP contribution in [0.1, 0.15) is 11.1 Å². The van der Waals surface area contributed by atoms with E-state index in [0.29, 0.717) is 6.42 Å². The van der Waals surface area contributed by atoms with Crippen molar-refractivity contribution in [3.05, 3.63) is 58.1 Å². The van der Waals surface area contributed by atoms with Crippen LogP contribution < -0.4 is 9.47 Å². The van der Waals surface area contributed by atoms with Crippen molar-refractivity contribution in [1.29, 1.82) is 0 Å². The molecule has 1 aliphatic heterocycles. The summed E-state index contributed by atoms with van der Waals surface area (Å²) in [4.78, 5) is 16.9. The number of carbonyl (C=O) groups is 1. The van der Waals surface area contributed by atoms with Crippen LogP contribution in [0.2, 0.25) is 0 Å². The van der Waals surface area contributed by atoms with Crippen LogP contribution in [0.5, 0.6) is 11.5 Å². The molecule has 0 aliphatic carbocycles. The maximum absolute atomic E-state index is 12.6. The lowest BCUT2D eigenvalue weighted by atomic mass is 10.1. The predicted molar refractivity (Wildman–Crippen MR) is 109 cm³/mol. The zero-order valence-electron chi connectivity index (χ0n) is 15.8. The van der Waals surface area contributed by atoms with Crippen molar-refractivity contribution in [3.8, 4) is 11.5 Å². The van der Waals surface area contributed by atoms with E-state index >= 15 is 0 Å². The molecule has 2 aromatic carbocycles. The first-order valence-corrected chi connectivity index (χ1v) is 9.84. The Hall–Kier alpha value is -2.05. The summed E-state index contributed by atoms with van der Waals surface area (Å²) < 4.78 is 11.8. The van der Waals surface area contributed by atoms with E-state index in [1.807, 2.05) is 47.4 Å². The first-order valence-electron chi connectivity index (χ1n) is 9.04. The lowest BCUT2D eigenvalue weighted by Crippen LogP contribution is -2.48. The molecule has 6 heteroatoms. The number of rotatable bonds is 6. The summed E-state index contributed by atoms with van der Waals surface area (Å²) in [5.74, 6) is 1.88. The third-order valence-corrected chi connectivity index (χ3v) is 5.40. The van der Waals surface area contributed by atoms with Gasteiger partial charge >= 0.3 is 0 Å². The molecule has 0 aromatic heterocycles. The molecule has 0 radical (unpaired) electrons. The van der Waals surface area contributed by atoms with Crippen molar-refractivity contribution >= 4 is 21.8 Å². The van der Waals surface area contributed by atoms with Crippen LogP contribution in [0.4, 0.5) is 0 Å². The Morgan fingerprint density at radius 1 is 1.00 bits per heavy atom. The first kappa shape index (κ1) is 19.7. The van der Waals surface area contributed by atoms with Gasteiger partial charge in [-0.2, -0.15) is 0 Å². The average Bonchev–Trinajstić information content (AvgIpc) is 2.70. The summed E-state index contributed by atoms with van der Waals surface area (Å²) in [6.45, 7) is 4.00. The molecule has 144 valence electrons. The van der Waals surface area contributed by atoms with Crippen LogP contribution in [-0.4, -0.2) is 56.1 Å². The first-order chi connectivity index (χ1) is 13.1. The minimum atomic E-state index is 0.191. The second-order valence-corrected chi connectivity index (χ2v) is 7.55. The third kappa shape index (κ3) is 5.23. The van der Waals surface area contributed by atoms with Crippen molar-refractivity contribution in [2.75, 3.05) is 40.4 Å². The maximum atomic E-state index is 12.6. The smallest absolute Gasteiger partial charge is 0.227 e. The van der Waals surface area contributed by atoms with Gasteiger partial charge < -0.3 is 14.4 Å². The minimum Gasteiger partial charge on any atom is -0.497 e. The molecular weight excluding hydrogens is 408 g/mol. The number of carbonyl (C=O) groups excluding carboxylic acids is 1. The molecule has 0 atom stereocenters. The van der Waals surface area contributed by atoms with E-state index in [2.05, 4.69) is 20.8 Å². The van der Waals surface area contributed by atoms with Crippen molar-refractivity contribution in [2.45, 2.75) is 13.0 Å². The molecule has 0 unspecified atom stereocenters. The number of ether oxygens (including phenoxy) is 2. The van der Waals surface area contributed by atoms with Gasteiger partial charge in [-0.15, -0.1) is 0 Å². The molecule has 1 fully saturated rings. The molecule has 1 aliphatic rings. The number of benzene rings is 2. The third-order valence-electron chi connectivity index (χ3n) is 4.88. The van der Waals surface area contributed by atoms with Gasteiger partial charge in [0.15, 0.2) is 0 Å². The Bertz CT molecular complexity index is 771. The molecule has 1 amide bonds. The Kier molecular flexibility index (Phi) is 6.74. The highest BCUT2D eigenvalue weighted by Crippen LogP contribution is 2.25. The molecular formula is C21H25BrN2O3. The molecule has 0 spiro atoms. The number of methoxy groups -OCH3 is 2. The van der Waals surface area contributed by atoms with Gasteiger partial charge in [0, 0.05) is 42.8 Å². The largest absolute Gasteiger partial charge is 0.497 e. The van der Waals surface area contributed by atoms with Crippen molar-refractivity contribution in [1.82, 2.24) is 9.80 Å². The van der Waals surface area contributed by atoms with Gasteiger partial charge in [0.25, 0.3) is 0 Å². The maximum Gasteiger partial charge on any atom is 0.227 e. The summed E-state index contributed by atoms with van der Waals surface area (Å²) in [6, 6.07) is 13.8. The van der Waals surface area contributed by atoms with Crippen molar-refractivity contribution in [3.63, 3.8) is 0 Å². The summed E-state index contributed by atoms with van der Waals surface area (Å²) >= 11 is 3.42. The number of hydrogen-bond donors (Lipinski definition) is 0. The highest BCUT2D eigenvalue weighted by molar-refractivity contribution is 9.10. The second kappa shape index (κ2) is 9.24. The second-order valence-electron chi connectivity index (χ2n) is 6.64. The fourth-order valence-electron chi connectivity index (χ4n) is 3.29. The van der Waals surface area contributed by atoms with Gasteiger partial charge in [-0.1, -0.05) is 28.1 Å². The van der Waals surface area contributed by atoms with Crippen LogP contribution >= 0.6 is 15.9 Å². The van der Waals surface area contributed by atoms with Gasteiger partial charge in [-0.05, 0) is 35.9 Å². The van der Waals surface area contributed by atoms with E-state index in [1.54, 1.807) is 14.2 Å². The van der Waals surface area contributed by atoms with E-state index in [-0.39, 0.29) is 5.91 Å². The molecule has 0 N–H and O–H groups in total. The van der Waals surface area contributed by atoms with Gasteiger partial charge in [0.2, 0.25) is 5.91 Å². The highest BCUT2D eigenvalue weighted by Gasteiger charge is 2.22. The van der Waals surface area contributed by atoms with Crippen LogP contribution in [0.15, 0.2) is 46.9 Å². The number of halogens is 1. The van der Waals surface area contributed by atoms with Crippen molar-refractivity contribution < 1.29 is 14.3 Å². The average molecular weight is 433 g/mol. The SMILES string of the molecule is COc1ccc(OC)c(CN2CCN(C(=O)Cc3ccc(Br)cc3)CC2)c1. The molecule has 1 saturated heterocycles. The molecule has 5 nitrogen and oxygen atoms in total. The predicted octanol–water partition coefficient (Wildman–Crippen LogP) is 3.35. The normalized spacial score (nSPS) is 14.9. The molecule has 3 rings (SSSR count). The zero-order valence-corrected chi connectivity index (χ0v) is 17.4. The number of amides is 1. The quantitative estimate of drug-likeness (QED) is 0.701. The summed E-state index contributed by atoms with van der Waals surface area (Å²) in [5.41, 5.74) is 2.15. The molecule has 0 saturated carbocycles. The van der Waals surface area contributed by atoms with Crippen LogP contribution in [0.3, 0.4) is 0 Å². The van der Waals surface area contributed by atoms with Crippen LogP contribution in [-0.2, 0) is 17.8 Å². The van der Waals surface area contributed by atoms with E-state index in [0.717, 1.165) is 59.8 Å². The van der Waals surface area contributed by atoms with Gasteiger partial charge in [-0.25, -0.2) is 0 Å². The number of hydrogen-bond acceptors (Lipinski definition) is 4. The Labute approximate surface area is 169 Å². The standard InChI is InChI=1S/C21H25BrN2O3/c1-26-19-7-8-20(27-2)17(14-19)15-23-9-11-24(12-10-23)21(25)13-16-3-5-18(22)6-4-16/h3-8,14H,9-13,15H2,1-2H3. The lowest BCUT2D eigenvalue weighted by Gasteiger charge is -2.35. The lowest BCUT2D eigenvalue weighted by molar-refractivity contribution is -0.132. The monoisotopic (exact) mass is 432 g/mol. The number of piperazine rings is 1. The molecule has 0 bridgehead atoms. The van der Waals surface area contributed by atoms with E-state index in [1.165, 1.54) is 0 Å². The fraction of sp³-hybridized carbons (Fsp3) is 0.381. The topological polar surface area (TPSA) is 42.0 Å². The Morgan fingerprint density at radius 2 is 1.70 bits per heavy atom. The number of nitrogens with zero attached hydrogens (tertiary/aromatic N) is 2. The van der Waals surface area contributed by atoms with Gasteiger partial charge in [-0.3, -0.25) is 9.69 Å². The van der Waals surface area contributed by atoms with Gasteiger partial charge in [0.05, 0.1) is 20.6 Å². The summed E-state index contributed by atoms with van der Waals surface area (Å²) in [6.07, 6.45) is 0.455. The van der Waals surface area contributed by atoms with Crippen molar-refractivity contribution in [2.24, 2.45) is 0 Å². The van der Waals surface area contributed by atoms with E-state index < -0.39 is 0 Å². The van der Waals surface area contributed by atoms with E-state index in [9.17, 15) is 4.79 Å². The fourth-order valence-corrected chi connectivity index (χ4v) is 3.55. The van der Waals surface area contributed by atoms with Crippen LogP contribution in [0.25, 0.3) is 0 Å². The minimum absolute atomic E-state index is 0.191. The molecule has 2 aromatic rings. The Balaban J connectivity index is 1.54. The van der Waals surface area contributed by atoms with E-state index in [4.69, 9.17) is 9.47 Å². The Morgan fingerprint density at radius 3 is 2.33 bits per heavy atom. The molecule has 1 heterocycles. The van der Waals surface area contributed by atoms with Crippen LogP contribution in [0, 0.1) is 0 Å². The molecule has 27 heavy (non-hydrogen) atoms. The highest BCUT2D eigenvalue weighted by atomic mass is 79.9. The zero-order chi connectivity index (χ0) is 19.2. The van der Waals surface area contributed by atoms with Gasteiger partial charge in [0.1, 0.15) is 11.5 Å². The summed E-state index contributed by atoms with van der Waals surface area (Å²) in [7, 11) is 3.35.